The molecule has 1 aromatic carbocycles. The summed E-state index contributed by atoms with van der Waals surface area (Å²) < 4.78 is 27.5. The average molecular weight is 336 g/mol. The smallest absolute Gasteiger partial charge is 0.243 e. The van der Waals surface area contributed by atoms with Gasteiger partial charge in [-0.05, 0) is 54.9 Å². The van der Waals surface area contributed by atoms with E-state index in [1.165, 1.54) is 16.3 Å². The first-order valence-electron chi connectivity index (χ1n) is 8.32. The summed E-state index contributed by atoms with van der Waals surface area (Å²) in [5.41, 5.74) is 2.40. The molecular formula is C17H24N2O3S. The summed E-state index contributed by atoms with van der Waals surface area (Å²) in [5.74, 6) is -0.268. The molecule has 0 radical (unpaired) electrons. The molecule has 1 atom stereocenters. The lowest BCUT2D eigenvalue weighted by atomic mass is 9.92. The molecule has 1 saturated heterocycles. The minimum atomic E-state index is -3.65. The van der Waals surface area contributed by atoms with Crippen molar-refractivity contribution in [2.24, 2.45) is 5.92 Å². The Kier molecular flexibility index (Phi) is 4.47. The molecule has 1 aromatic rings. The number of aryl methyl sites for hydroxylation is 2. The Labute approximate surface area is 138 Å². The lowest BCUT2D eigenvalue weighted by Crippen LogP contribution is -2.59. The fraction of sp³-hybridized carbons (Fsp3) is 0.588. The molecule has 3 rings (SSSR count). The van der Waals surface area contributed by atoms with Gasteiger partial charge in [0.15, 0.2) is 0 Å². The number of nitrogens with one attached hydrogen (secondary N) is 1. The molecule has 1 N–H and O–H groups in total. The Morgan fingerprint density at radius 3 is 2.57 bits per heavy atom. The third-order valence-corrected chi connectivity index (χ3v) is 6.65. The van der Waals surface area contributed by atoms with Crippen molar-refractivity contribution < 1.29 is 13.2 Å². The fourth-order valence-corrected chi connectivity index (χ4v) is 5.35. The van der Waals surface area contributed by atoms with Gasteiger partial charge < -0.3 is 5.32 Å². The molecule has 1 unspecified atom stereocenters. The van der Waals surface area contributed by atoms with Crippen molar-refractivity contribution in [3.8, 4) is 0 Å². The van der Waals surface area contributed by atoms with Crippen LogP contribution < -0.4 is 5.32 Å². The van der Waals surface area contributed by atoms with Crippen molar-refractivity contribution in [3.63, 3.8) is 0 Å². The van der Waals surface area contributed by atoms with Crippen LogP contribution in [-0.4, -0.2) is 37.8 Å². The zero-order valence-electron chi connectivity index (χ0n) is 13.7. The highest BCUT2D eigenvalue weighted by Crippen LogP contribution is 2.28. The molecule has 6 heteroatoms. The summed E-state index contributed by atoms with van der Waals surface area (Å²) in [6, 6.07) is 4.82. The molecule has 0 aromatic heterocycles. The molecule has 0 spiro atoms. The number of carbonyl (C=O) groups is 1. The third kappa shape index (κ3) is 3.02. The van der Waals surface area contributed by atoms with Gasteiger partial charge >= 0.3 is 0 Å². The largest absolute Gasteiger partial charge is 0.353 e. The van der Waals surface area contributed by atoms with Crippen molar-refractivity contribution in [1.29, 1.82) is 0 Å². The fourth-order valence-electron chi connectivity index (χ4n) is 3.57. The highest BCUT2D eigenvalue weighted by atomic mass is 32.2. The number of benzene rings is 1. The van der Waals surface area contributed by atoms with Gasteiger partial charge in [-0.3, -0.25) is 4.79 Å². The zero-order valence-corrected chi connectivity index (χ0v) is 14.5. The second-order valence-corrected chi connectivity index (χ2v) is 8.62. The SMILES string of the molecule is CC(C)C1C(=O)NCCN1S(=O)(=O)c1ccc2c(c1)CCCC2. The van der Waals surface area contributed by atoms with Crippen LogP contribution >= 0.6 is 0 Å². The third-order valence-electron chi connectivity index (χ3n) is 4.77. The van der Waals surface area contributed by atoms with E-state index < -0.39 is 16.1 Å². The molecule has 1 aliphatic heterocycles. The summed E-state index contributed by atoms with van der Waals surface area (Å²) in [6.07, 6.45) is 4.24. The topological polar surface area (TPSA) is 66.5 Å². The number of fused-ring (bicyclic) bond motifs is 1. The summed E-state index contributed by atoms with van der Waals surface area (Å²) in [5, 5.41) is 2.77. The maximum absolute atomic E-state index is 13.1. The number of rotatable bonds is 3. The van der Waals surface area contributed by atoms with Gasteiger partial charge in [-0.2, -0.15) is 4.31 Å². The maximum atomic E-state index is 13.1. The van der Waals surface area contributed by atoms with Gasteiger partial charge in [0.25, 0.3) is 0 Å². The first kappa shape index (κ1) is 16.5. The van der Waals surface area contributed by atoms with Crippen molar-refractivity contribution in [1.82, 2.24) is 9.62 Å². The predicted molar refractivity (Wildman–Crippen MR) is 88.6 cm³/mol. The minimum absolute atomic E-state index is 0.0669. The van der Waals surface area contributed by atoms with Gasteiger partial charge in [-0.25, -0.2) is 8.42 Å². The molecule has 1 heterocycles. The van der Waals surface area contributed by atoms with Gasteiger partial charge in [-0.1, -0.05) is 19.9 Å². The predicted octanol–water partition coefficient (Wildman–Crippen LogP) is 1.71. The van der Waals surface area contributed by atoms with Crippen LogP contribution in [0.2, 0.25) is 0 Å². The Bertz CT molecular complexity index is 713. The molecule has 0 bridgehead atoms. The molecule has 0 saturated carbocycles. The molecule has 23 heavy (non-hydrogen) atoms. The van der Waals surface area contributed by atoms with E-state index in [2.05, 4.69) is 5.32 Å². The van der Waals surface area contributed by atoms with E-state index in [0.29, 0.717) is 18.0 Å². The van der Waals surface area contributed by atoms with Gasteiger partial charge in [0.1, 0.15) is 6.04 Å². The van der Waals surface area contributed by atoms with Crippen LogP contribution in [0.15, 0.2) is 23.1 Å². The Morgan fingerprint density at radius 1 is 1.17 bits per heavy atom. The molecular weight excluding hydrogens is 312 g/mol. The van der Waals surface area contributed by atoms with Gasteiger partial charge in [0.2, 0.25) is 15.9 Å². The van der Waals surface area contributed by atoms with Gasteiger partial charge in [-0.15, -0.1) is 0 Å². The highest BCUT2D eigenvalue weighted by Gasteiger charge is 2.40. The van der Waals surface area contributed by atoms with E-state index in [1.54, 1.807) is 6.07 Å². The van der Waals surface area contributed by atoms with Crippen LogP contribution in [-0.2, 0) is 27.7 Å². The van der Waals surface area contributed by atoms with Crippen molar-refractivity contribution in [2.75, 3.05) is 13.1 Å². The average Bonchev–Trinajstić information content (AvgIpc) is 2.53. The molecule has 1 amide bonds. The standard InChI is InChI=1S/C17H24N2O3S/c1-12(2)16-17(20)18-9-10-19(16)23(21,22)15-8-7-13-5-3-4-6-14(13)11-15/h7-8,11-12,16H,3-6,9-10H2,1-2H3,(H,18,20). The van der Waals surface area contributed by atoms with Gasteiger partial charge in [0, 0.05) is 13.1 Å². The number of amides is 1. The number of carbonyl (C=O) groups excluding carboxylic acids is 1. The van der Waals surface area contributed by atoms with Crippen molar-refractivity contribution in [2.45, 2.75) is 50.5 Å². The Balaban J connectivity index is 1.98. The van der Waals surface area contributed by atoms with Crippen molar-refractivity contribution in [3.05, 3.63) is 29.3 Å². The van der Waals surface area contributed by atoms with Crippen molar-refractivity contribution >= 4 is 15.9 Å². The molecule has 126 valence electrons. The Morgan fingerprint density at radius 2 is 1.87 bits per heavy atom. The molecule has 1 fully saturated rings. The number of nitrogens with zero attached hydrogens (tertiary/aromatic N) is 1. The number of hydrogen-bond donors (Lipinski definition) is 1. The van der Waals surface area contributed by atoms with E-state index in [4.69, 9.17) is 0 Å². The summed E-state index contributed by atoms with van der Waals surface area (Å²) in [4.78, 5) is 12.5. The van der Waals surface area contributed by atoms with E-state index in [1.807, 2.05) is 26.0 Å². The van der Waals surface area contributed by atoms with E-state index >= 15 is 0 Å². The lowest BCUT2D eigenvalue weighted by molar-refractivity contribution is -0.128. The minimum Gasteiger partial charge on any atom is -0.353 e. The second-order valence-electron chi connectivity index (χ2n) is 6.73. The monoisotopic (exact) mass is 336 g/mol. The highest BCUT2D eigenvalue weighted by molar-refractivity contribution is 7.89. The molecule has 2 aliphatic rings. The lowest BCUT2D eigenvalue weighted by Gasteiger charge is -2.36. The molecule has 5 nitrogen and oxygen atoms in total. The van der Waals surface area contributed by atoms with E-state index in [9.17, 15) is 13.2 Å². The number of hydrogen-bond acceptors (Lipinski definition) is 3. The first-order valence-corrected chi connectivity index (χ1v) is 9.76. The quantitative estimate of drug-likeness (QED) is 0.914. The van der Waals surface area contributed by atoms with Crippen LogP contribution in [0.4, 0.5) is 0 Å². The van der Waals surface area contributed by atoms with E-state index in [-0.39, 0.29) is 11.8 Å². The summed E-state index contributed by atoms with van der Waals surface area (Å²) in [7, 11) is -3.65. The van der Waals surface area contributed by atoms with Crippen LogP contribution in [0.3, 0.4) is 0 Å². The number of sulfonamides is 1. The maximum Gasteiger partial charge on any atom is 0.243 e. The molecule has 1 aliphatic carbocycles. The Hall–Kier alpha value is -1.40. The zero-order chi connectivity index (χ0) is 16.6. The van der Waals surface area contributed by atoms with Gasteiger partial charge in [0.05, 0.1) is 4.90 Å². The van der Waals surface area contributed by atoms with Crippen LogP contribution in [0, 0.1) is 5.92 Å². The van der Waals surface area contributed by atoms with Crippen LogP contribution in [0.5, 0.6) is 0 Å². The summed E-state index contributed by atoms with van der Waals surface area (Å²) >= 11 is 0. The first-order chi connectivity index (χ1) is 10.9. The number of piperazine rings is 1. The van der Waals surface area contributed by atoms with E-state index in [0.717, 1.165) is 24.8 Å². The normalized spacial score (nSPS) is 22.7. The van der Waals surface area contributed by atoms with Crippen LogP contribution in [0.25, 0.3) is 0 Å². The second kappa shape index (κ2) is 6.24. The summed E-state index contributed by atoms with van der Waals surface area (Å²) in [6.45, 7) is 4.45. The van der Waals surface area contributed by atoms with Crippen LogP contribution in [0.1, 0.15) is 37.8 Å².